The van der Waals surface area contributed by atoms with Gasteiger partial charge in [0.2, 0.25) is 29.5 Å². The lowest BCUT2D eigenvalue weighted by Gasteiger charge is -2.20. The quantitative estimate of drug-likeness (QED) is 0.113. The smallest absolute Gasteiger partial charge is 0.271 e. The van der Waals surface area contributed by atoms with Gasteiger partial charge in [0.25, 0.3) is 17.4 Å². The Morgan fingerprint density at radius 1 is 0.696 bits per heavy atom. The average Bonchev–Trinajstić information content (AvgIpc) is 3.67. The fraction of sp³-hybridized carbons (Fsp3) is 0.316. The molecule has 56 heavy (non-hydrogen) atoms. The van der Waals surface area contributed by atoms with Gasteiger partial charge in [-0.2, -0.15) is 0 Å². The number of imide groups is 3. The van der Waals surface area contributed by atoms with Crippen molar-refractivity contribution in [2.45, 2.75) is 62.2 Å². The molecule has 8 rings (SSSR count). The lowest BCUT2D eigenvalue weighted by molar-refractivity contribution is -0.141. The van der Waals surface area contributed by atoms with Crippen LogP contribution in [-0.4, -0.2) is 82.3 Å². The van der Waals surface area contributed by atoms with E-state index in [9.17, 15) is 33.6 Å². The monoisotopic (exact) mass is 835 g/mol. The summed E-state index contributed by atoms with van der Waals surface area (Å²) < 4.78 is 9.08. The van der Waals surface area contributed by atoms with Crippen molar-refractivity contribution in [1.82, 2.24) is 35.5 Å². The van der Waals surface area contributed by atoms with Gasteiger partial charge in [-0.15, -0.1) is 5.10 Å². The van der Waals surface area contributed by atoms with Crippen molar-refractivity contribution >= 4 is 73.2 Å². The zero-order chi connectivity index (χ0) is 40.8. The Kier molecular flexibility index (Phi) is 15.8. The molecule has 6 N–H and O–H groups in total. The zero-order valence-corrected chi connectivity index (χ0v) is 32.2. The first-order valence-corrected chi connectivity index (χ1v) is 18.4. The Morgan fingerprint density at radius 2 is 1.23 bits per heavy atom. The predicted octanol–water partition coefficient (Wildman–Crippen LogP) is 1.77. The molecular formula is C38H42BrN7O10. The first kappa shape index (κ1) is 42.8. The molecule has 3 saturated heterocycles. The SMILES string of the molecule is Cn1[nH]c(=O)c2ccccc21.Cn1nc(OC2CCC(=O)NC2=O)c2ccccc21.O=C1CCC(Br)C(=O)N1.O=C1CCC(O)C(=O)N1.OCc1ccccc1. The third-order valence-electron chi connectivity index (χ3n) is 8.35. The molecule has 3 aromatic carbocycles. The molecule has 0 aliphatic carbocycles. The molecule has 3 atom stereocenters. The van der Waals surface area contributed by atoms with E-state index in [2.05, 4.69) is 36.8 Å². The number of H-pyrrole nitrogens is 1. The maximum absolute atomic E-state index is 11.7. The molecule has 296 valence electrons. The van der Waals surface area contributed by atoms with E-state index in [1.165, 1.54) is 0 Å². The molecule has 5 aromatic rings. The van der Waals surface area contributed by atoms with Gasteiger partial charge in [0.05, 0.1) is 33.2 Å². The Hall–Kier alpha value is -5.98. The number of aromatic nitrogens is 4. The summed E-state index contributed by atoms with van der Waals surface area (Å²) in [5, 5.41) is 32.3. The molecule has 3 unspecified atom stereocenters. The number of aryl methyl sites for hydroxylation is 2. The molecule has 0 radical (unpaired) electrons. The molecule has 0 bridgehead atoms. The summed E-state index contributed by atoms with van der Waals surface area (Å²) in [5.41, 5.74) is 2.82. The second-order valence-electron chi connectivity index (χ2n) is 12.5. The number of aromatic amines is 1. The Morgan fingerprint density at radius 3 is 1.77 bits per heavy atom. The van der Waals surface area contributed by atoms with Crippen LogP contribution in [0.5, 0.6) is 5.88 Å². The number of hydrogen-bond acceptors (Lipinski definition) is 11. The third-order valence-corrected chi connectivity index (χ3v) is 9.23. The highest BCUT2D eigenvalue weighted by molar-refractivity contribution is 9.10. The van der Waals surface area contributed by atoms with E-state index in [0.717, 1.165) is 27.4 Å². The molecule has 0 spiro atoms. The van der Waals surface area contributed by atoms with Gasteiger partial charge < -0.3 is 14.9 Å². The van der Waals surface area contributed by atoms with Crippen molar-refractivity contribution in [2.75, 3.05) is 0 Å². The third kappa shape index (κ3) is 12.3. The fourth-order valence-electron chi connectivity index (χ4n) is 5.35. The number of halogens is 1. The summed E-state index contributed by atoms with van der Waals surface area (Å²) in [4.78, 5) is 75.6. The maximum Gasteiger partial charge on any atom is 0.271 e. The number of hydrogen-bond donors (Lipinski definition) is 6. The van der Waals surface area contributed by atoms with E-state index >= 15 is 0 Å². The normalized spacial score (nSPS) is 19.0. The second-order valence-corrected chi connectivity index (χ2v) is 13.7. The van der Waals surface area contributed by atoms with Crippen molar-refractivity contribution in [1.29, 1.82) is 0 Å². The number of benzene rings is 3. The van der Waals surface area contributed by atoms with Gasteiger partial charge in [-0.05, 0) is 42.7 Å². The molecule has 0 saturated carbocycles. The van der Waals surface area contributed by atoms with Gasteiger partial charge in [0.15, 0.2) is 6.10 Å². The summed E-state index contributed by atoms with van der Waals surface area (Å²) in [5.74, 6) is -1.49. The minimum atomic E-state index is -0.984. The number of nitrogens with zero attached hydrogens (tertiary/aromatic N) is 3. The van der Waals surface area contributed by atoms with Crippen LogP contribution >= 0.6 is 15.9 Å². The van der Waals surface area contributed by atoms with Gasteiger partial charge in [0.1, 0.15) is 6.10 Å². The van der Waals surface area contributed by atoms with Crippen LogP contribution in [0.2, 0.25) is 0 Å². The van der Waals surface area contributed by atoms with Crippen molar-refractivity contribution in [2.24, 2.45) is 14.1 Å². The van der Waals surface area contributed by atoms with Crippen LogP contribution in [0.25, 0.3) is 21.8 Å². The lowest BCUT2D eigenvalue weighted by atomic mass is 10.1. The Bertz CT molecular complexity index is 2200. The van der Waals surface area contributed by atoms with E-state index in [4.69, 9.17) is 14.9 Å². The number of ether oxygens (including phenoxy) is 1. The lowest BCUT2D eigenvalue weighted by Crippen LogP contribution is -2.46. The summed E-state index contributed by atoms with van der Waals surface area (Å²) >= 11 is 3.12. The Balaban J connectivity index is 0.000000163. The molecule has 17 nitrogen and oxygen atoms in total. The number of piperidine rings is 3. The topological polar surface area (TPSA) is 244 Å². The maximum atomic E-state index is 11.7. The molecule has 3 fully saturated rings. The van der Waals surface area contributed by atoms with Crippen LogP contribution < -0.4 is 26.2 Å². The first-order chi connectivity index (χ1) is 26.8. The number of nitrogens with one attached hydrogen (secondary N) is 4. The largest absolute Gasteiger partial charge is 0.463 e. The standard InChI is InChI=1S/C13H13N3O3.C8H8N2O.C7H8O.C5H6BrNO2.C5H7NO3/c1-16-9-5-3-2-4-8(9)13(15-16)19-10-6-7-11(17)14-12(10)18;1-10-7-5-3-2-4-6(7)8(11)9-10;8-6-7-4-2-1-3-5-7;6-3-1-2-4(8)7-5(3)9;7-3-1-2-4(8)6-5(3)9/h2-5,10H,6-7H2,1H3,(H,14,17,18);2-5H,1H3,(H,9,11);1-5,8H,6H2;3H,1-2H2,(H,7,8,9);3,7H,1-2H2,(H,6,8,9). The van der Waals surface area contributed by atoms with Crippen LogP contribution in [0.4, 0.5) is 0 Å². The van der Waals surface area contributed by atoms with Gasteiger partial charge in [-0.25, -0.2) is 0 Å². The highest BCUT2D eigenvalue weighted by Crippen LogP contribution is 2.26. The van der Waals surface area contributed by atoms with Gasteiger partial charge in [0, 0.05) is 39.8 Å². The first-order valence-electron chi connectivity index (χ1n) is 17.5. The van der Waals surface area contributed by atoms with Crippen molar-refractivity contribution in [3.05, 3.63) is 94.8 Å². The summed E-state index contributed by atoms with van der Waals surface area (Å²) in [6.45, 7) is 0.140. The van der Waals surface area contributed by atoms with Crippen molar-refractivity contribution in [3.8, 4) is 5.88 Å². The fourth-order valence-corrected chi connectivity index (χ4v) is 5.70. The molecule has 2 aromatic heterocycles. The number of fused-ring (bicyclic) bond motifs is 2. The number of carbonyl (C=O) groups excluding carboxylic acids is 6. The summed E-state index contributed by atoms with van der Waals surface area (Å²) in [6, 6.07) is 24.6. The van der Waals surface area contributed by atoms with Gasteiger partial charge >= 0.3 is 0 Å². The minimum absolute atomic E-state index is 0.0249. The number of carbonyl (C=O) groups is 6. The predicted molar refractivity (Wildman–Crippen MR) is 207 cm³/mol. The molecule has 3 aliphatic heterocycles. The van der Waals surface area contributed by atoms with E-state index in [0.29, 0.717) is 31.6 Å². The number of para-hydroxylation sites is 2. The van der Waals surface area contributed by atoms with Gasteiger partial charge in [-0.1, -0.05) is 70.5 Å². The average molecular weight is 837 g/mol. The summed E-state index contributed by atoms with van der Waals surface area (Å²) in [7, 11) is 3.64. The number of alkyl halides is 1. The van der Waals surface area contributed by atoms with Crippen molar-refractivity contribution in [3.63, 3.8) is 0 Å². The Labute approximate surface area is 328 Å². The van der Waals surface area contributed by atoms with Crippen LogP contribution in [0.1, 0.15) is 44.1 Å². The van der Waals surface area contributed by atoms with Crippen LogP contribution in [0, 0.1) is 0 Å². The minimum Gasteiger partial charge on any atom is -0.463 e. The molecule has 5 heterocycles. The highest BCUT2D eigenvalue weighted by Gasteiger charge is 2.29. The van der Waals surface area contributed by atoms with E-state index in [-0.39, 0.29) is 53.5 Å². The molecular weight excluding hydrogens is 794 g/mol. The van der Waals surface area contributed by atoms with Crippen LogP contribution in [0.3, 0.4) is 0 Å². The second kappa shape index (κ2) is 20.6. The number of amides is 6. The number of rotatable bonds is 3. The van der Waals surface area contributed by atoms with E-state index in [1.54, 1.807) is 9.36 Å². The zero-order valence-electron chi connectivity index (χ0n) is 30.6. The number of aliphatic hydroxyl groups excluding tert-OH is 2. The molecule has 6 amide bonds. The van der Waals surface area contributed by atoms with Crippen molar-refractivity contribution < 1.29 is 43.7 Å². The van der Waals surface area contributed by atoms with Crippen LogP contribution in [0.15, 0.2) is 83.7 Å². The molecule has 3 aliphatic rings. The van der Waals surface area contributed by atoms with E-state index < -0.39 is 24.0 Å². The van der Waals surface area contributed by atoms with Crippen LogP contribution in [-0.2, 0) is 49.5 Å². The molecule has 18 heteroatoms. The van der Waals surface area contributed by atoms with E-state index in [1.807, 2.05) is 98.3 Å². The number of aliphatic hydroxyl groups is 2. The summed E-state index contributed by atoms with van der Waals surface area (Å²) in [6.07, 6.45) is 0.597. The highest BCUT2D eigenvalue weighted by atomic mass is 79.9. The van der Waals surface area contributed by atoms with Gasteiger partial charge in [-0.3, -0.25) is 64.0 Å².